The molecule has 0 bridgehead atoms. The van der Waals surface area contributed by atoms with Gasteiger partial charge in [0.05, 0.1) is 23.5 Å². The molecule has 0 radical (unpaired) electrons. The normalized spacial score (nSPS) is 12.1. The van der Waals surface area contributed by atoms with E-state index in [2.05, 4.69) is 11.4 Å². The zero-order valence-corrected chi connectivity index (χ0v) is 19.7. The first-order valence-electron chi connectivity index (χ1n) is 12.1. The van der Waals surface area contributed by atoms with Crippen LogP contribution in [-0.2, 0) is 30.5 Å². The second-order valence-electron chi connectivity index (χ2n) is 9.18. The Bertz CT molecular complexity index is 1600. The van der Waals surface area contributed by atoms with Crippen LogP contribution in [0.1, 0.15) is 28.1 Å². The quantitative estimate of drug-likeness (QED) is 0.326. The maximum Gasteiger partial charge on any atom is 0.229 e. The van der Waals surface area contributed by atoms with Crippen molar-refractivity contribution in [3.63, 3.8) is 0 Å². The van der Waals surface area contributed by atoms with Crippen molar-refractivity contribution in [2.75, 3.05) is 5.32 Å². The van der Waals surface area contributed by atoms with Gasteiger partial charge in [-0.3, -0.25) is 4.79 Å². The molecule has 0 spiro atoms. The Balaban J connectivity index is 1.33. The van der Waals surface area contributed by atoms with Crippen LogP contribution in [0.3, 0.4) is 0 Å². The zero-order valence-electron chi connectivity index (χ0n) is 19.7. The number of hydrogen-bond acceptors (Lipinski definition) is 3. The Morgan fingerprint density at radius 2 is 1.61 bits per heavy atom. The van der Waals surface area contributed by atoms with Crippen molar-refractivity contribution >= 4 is 22.5 Å². The smallest absolute Gasteiger partial charge is 0.229 e. The summed E-state index contributed by atoms with van der Waals surface area (Å²) in [4.78, 5) is 23.0. The van der Waals surface area contributed by atoms with E-state index in [0.29, 0.717) is 30.8 Å². The summed E-state index contributed by atoms with van der Waals surface area (Å²) in [5.41, 5.74) is 6.17. The fourth-order valence-electron chi connectivity index (χ4n) is 4.87. The van der Waals surface area contributed by atoms with Crippen molar-refractivity contribution in [1.82, 2.24) is 9.97 Å². The molecule has 1 aliphatic rings. The molecule has 0 aliphatic heterocycles. The van der Waals surface area contributed by atoms with Crippen LogP contribution in [0.15, 0.2) is 91.0 Å². The van der Waals surface area contributed by atoms with E-state index in [0.717, 1.165) is 44.4 Å². The summed E-state index contributed by atoms with van der Waals surface area (Å²) in [6.45, 7) is 0. The minimum absolute atomic E-state index is 0.132. The van der Waals surface area contributed by atoms with Crippen LogP contribution in [0.4, 0.5) is 10.2 Å². The molecule has 5 heteroatoms. The molecule has 176 valence electrons. The Morgan fingerprint density at radius 1 is 0.806 bits per heavy atom. The molecule has 0 saturated heterocycles. The highest BCUT2D eigenvalue weighted by molar-refractivity contribution is 5.93. The van der Waals surface area contributed by atoms with Crippen molar-refractivity contribution in [1.29, 1.82) is 0 Å². The molecule has 6 rings (SSSR count). The minimum atomic E-state index is -0.243. The van der Waals surface area contributed by atoms with Gasteiger partial charge in [0.15, 0.2) is 5.82 Å². The molecule has 1 aliphatic carbocycles. The van der Waals surface area contributed by atoms with E-state index in [1.165, 1.54) is 6.07 Å². The number of aromatic nitrogens is 2. The van der Waals surface area contributed by atoms with E-state index in [4.69, 9.17) is 9.97 Å². The van der Waals surface area contributed by atoms with Crippen molar-refractivity contribution in [3.8, 4) is 11.3 Å². The lowest BCUT2D eigenvalue weighted by Crippen LogP contribution is -2.20. The van der Waals surface area contributed by atoms with Crippen LogP contribution in [0.5, 0.6) is 0 Å². The van der Waals surface area contributed by atoms with Crippen LogP contribution in [0, 0.1) is 5.82 Å². The van der Waals surface area contributed by atoms with Crippen LogP contribution in [0.25, 0.3) is 22.0 Å². The van der Waals surface area contributed by atoms with Crippen LogP contribution in [-0.4, -0.2) is 15.9 Å². The van der Waals surface area contributed by atoms with Crippen molar-refractivity contribution in [3.05, 3.63) is 125 Å². The third-order valence-electron chi connectivity index (χ3n) is 6.64. The highest BCUT2D eigenvalue weighted by Gasteiger charge is 2.23. The number of carbonyl (C=O) groups is 1. The van der Waals surface area contributed by atoms with Gasteiger partial charge in [0.2, 0.25) is 5.91 Å². The molecule has 0 fully saturated rings. The van der Waals surface area contributed by atoms with Gasteiger partial charge in [0.25, 0.3) is 0 Å². The first-order chi connectivity index (χ1) is 17.6. The number of aryl methyl sites for hydroxylation is 2. The van der Waals surface area contributed by atoms with E-state index in [1.54, 1.807) is 12.1 Å². The van der Waals surface area contributed by atoms with Crippen LogP contribution >= 0.6 is 0 Å². The number of fused-ring (bicyclic) bond motifs is 4. The molecule has 36 heavy (non-hydrogen) atoms. The molecule has 5 aromatic rings. The molecule has 0 saturated carbocycles. The maximum absolute atomic E-state index is 13.8. The lowest BCUT2D eigenvalue weighted by atomic mass is 9.91. The van der Waals surface area contributed by atoms with Crippen LogP contribution in [0.2, 0.25) is 0 Å². The summed E-state index contributed by atoms with van der Waals surface area (Å²) in [6.07, 6.45) is 2.12. The van der Waals surface area contributed by atoms with E-state index < -0.39 is 0 Å². The Hall–Kier alpha value is -4.38. The molecule has 1 amide bonds. The zero-order chi connectivity index (χ0) is 24.5. The Morgan fingerprint density at radius 3 is 2.47 bits per heavy atom. The van der Waals surface area contributed by atoms with Gasteiger partial charge in [0.1, 0.15) is 5.82 Å². The standard InChI is InChI=1S/C31H24FN3O/c32-25-13-14-26-24(19-25)12-15-27-30(26)33-28(17-20-6-2-1-3-7-20)31(34-27)35-29(36)18-21-10-11-22-8-4-5-9-23(22)16-21/h1-11,13-14,16,19H,12,15,17-18H2,(H,34,35,36). The van der Waals surface area contributed by atoms with E-state index >= 15 is 0 Å². The average molecular weight is 474 g/mol. The monoisotopic (exact) mass is 473 g/mol. The third-order valence-corrected chi connectivity index (χ3v) is 6.64. The van der Waals surface area contributed by atoms with Gasteiger partial charge in [-0.1, -0.05) is 72.8 Å². The van der Waals surface area contributed by atoms with Gasteiger partial charge < -0.3 is 5.32 Å². The van der Waals surface area contributed by atoms with Gasteiger partial charge in [-0.15, -0.1) is 0 Å². The van der Waals surface area contributed by atoms with E-state index in [1.807, 2.05) is 66.7 Å². The fourth-order valence-corrected chi connectivity index (χ4v) is 4.87. The topological polar surface area (TPSA) is 54.9 Å². The summed E-state index contributed by atoms with van der Waals surface area (Å²) in [6, 6.07) is 29.0. The second kappa shape index (κ2) is 9.34. The number of rotatable bonds is 5. The number of halogens is 1. The SMILES string of the molecule is O=C(Cc1ccc2ccccc2c1)Nc1nc2c(nc1Cc1ccccc1)-c1ccc(F)cc1CC2. The molecule has 1 heterocycles. The van der Waals surface area contributed by atoms with Gasteiger partial charge in [-0.05, 0) is 58.5 Å². The summed E-state index contributed by atoms with van der Waals surface area (Å²) in [5, 5.41) is 5.29. The molecular formula is C31H24FN3O. The fraction of sp³-hybridized carbons (Fsp3) is 0.129. The van der Waals surface area contributed by atoms with Crippen molar-refractivity contribution in [2.45, 2.75) is 25.7 Å². The molecule has 1 aromatic heterocycles. The second-order valence-corrected chi connectivity index (χ2v) is 9.18. The average Bonchev–Trinajstić information content (AvgIpc) is 2.89. The molecule has 0 atom stereocenters. The van der Waals surface area contributed by atoms with E-state index in [9.17, 15) is 9.18 Å². The summed E-state index contributed by atoms with van der Waals surface area (Å²) >= 11 is 0. The number of benzene rings is 4. The highest BCUT2D eigenvalue weighted by Crippen LogP contribution is 2.33. The molecule has 4 aromatic carbocycles. The minimum Gasteiger partial charge on any atom is -0.309 e. The van der Waals surface area contributed by atoms with Crippen LogP contribution < -0.4 is 5.32 Å². The number of anilines is 1. The van der Waals surface area contributed by atoms with Gasteiger partial charge in [-0.25, -0.2) is 14.4 Å². The third kappa shape index (κ3) is 4.48. The number of carbonyl (C=O) groups excluding carboxylic acids is 1. The summed E-state index contributed by atoms with van der Waals surface area (Å²) < 4.78 is 13.8. The highest BCUT2D eigenvalue weighted by atomic mass is 19.1. The number of amides is 1. The first kappa shape index (κ1) is 22.1. The van der Waals surface area contributed by atoms with Gasteiger partial charge >= 0.3 is 0 Å². The Labute approximate surface area is 208 Å². The molecule has 0 unspecified atom stereocenters. The lowest BCUT2D eigenvalue weighted by Gasteiger charge is -2.21. The number of nitrogens with zero attached hydrogens (tertiary/aromatic N) is 2. The van der Waals surface area contributed by atoms with E-state index in [-0.39, 0.29) is 18.1 Å². The first-order valence-corrected chi connectivity index (χ1v) is 12.1. The molecular weight excluding hydrogens is 449 g/mol. The molecule has 4 nitrogen and oxygen atoms in total. The van der Waals surface area contributed by atoms with Crippen molar-refractivity contribution in [2.24, 2.45) is 0 Å². The summed E-state index contributed by atoms with van der Waals surface area (Å²) in [5.74, 6) is 0.119. The number of hydrogen-bond donors (Lipinski definition) is 1. The Kier molecular flexibility index (Phi) is 5.74. The maximum atomic E-state index is 13.8. The van der Waals surface area contributed by atoms with Gasteiger partial charge in [-0.2, -0.15) is 0 Å². The lowest BCUT2D eigenvalue weighted by molar-refractivity contribution is -0.115. The van der Waals surface area contributed by atoms with Gasteiger partial charge in [0, 0.05) is 12.0 Å². The predicted octanol–water partition coefficient (Wildman–Crippen LogP) is 6.31. The van der Waals surface area contributed by atoms with Crippen molar-refractivity contribution < 1.29 is 9.18 Å². The summed E-state index contributed by atoms with van der Waals surface area (Å²) in [7, 11) is 0. The molecule has 1 N–H and O–H groups in total. The predicted molar refractivity (Wildman–Crippen MR) is 140 cm³/mol. The number of nitrogens with one attached hydrogen (secondary N) is 1. The largest absolute Gasteiger partial charge is 0.309 e.